The molecule has 0 aliphatic heterocycles. The zero-order chi connectivity index (χ0) is 17.0. The van der Waals surface area contributed by atoms with Crippen molar-refractivity contribution < 1.29 is 9.59 Å². The van der Waals surface area contributed by atoms with Gasteiger partial charge in [-0.15, -0.1) is 0 Å². The number of nitrogens with one attached hydrogen (secondary N) is 1. The van der Waals surface area contributed by atoms with Crippen LogP contribution in [0.1, 0.15) is 21.5 Å². The van der Waals surface area contributed by atoms with Gasteiger partial charge in [0.1, 0.15) is 0 Å². The SMILES string of the molecule is Cc1cccc(C)c1NC(=O)CN(C)C(=O)c1cccc(Cl)c1. The number of anilines is 1. The Labute approximate surface area is 141 Å². The molecule has 2 aromatic rings. The summed E-state index contributed by atoms with van der Waals surface area (Å²) in [6.45, 7) is 3.84. The van der Waals surface area contributed by atoms with Gasteiger partial charge in [0.2, 0.25) is 5.91 Å². The highest BCUT2D eigenvalue weighted by Crippen LogP contribution is 2.19. The van der Waals surface area contributed by atoms with Crippen LogP contribution in [-0.4, -0.2) is 30.3 Å². The second kappa shape index (κ2) is 7.29. The topological polar surface area (TPSA) is 49.4 Å². The van der Waals surface area contributed by atoms with Crippen molar-refractivity contribution in [3.63, 3.8) is 0 Å². The lowest BCUT2D eigenvalue weighted by Crippen LogP contribution is -2.35. The first-order valence-corrected chi connectivity index (χ1v) is 7.63. The van der Waals surface area contributed by atoms with Crippen LogP contribution < -0.4 is 5.32 Å². The zero-order valence-electron chi connectivity index (χ0n) is 13.4. The lowest BCUT2D eigenvalue weighted by atomic mass is 10.1. The quantitative estimate of drug-likeness (QED) is 0.930. The predicted octanol–water partition coefficient (Wildman–Crippen LogP) is 3.67. The number of carbonyl (C=O) groups excluding carboxylic acids is 2. The normalized spacial score (nSPS) is 10.3. The van der Waals surface area contributed by atoms with E-state index in [0.29, 0.717) is 10.6 Å². The molecule has 0 radical (unpaired) electrons. The Hall–Kier alpha value is -2.33. The number of hydrogen-bond acceptors (Lipinski definition) is 2. The van der Waals surface area contributed by atoms with Crippen molar-refractivity contribution >= 4 is 29.1 Å². The van der Waals surface area contributed by atoms with Gasteiger partial charge in [-0.05, 0) is 43.2 Å². The maximum Gasteiger partial charge on any atom is 0.254 e. The average Bonchev–Trinajstić information content (AvgIpc) is 2.50. The molecule has 1 N–H and O–H groups in total. The maximum absolute atomic E-state index is 12.3. The van der Waals surface area contributed by atoms with E-state index < -0.39 is 0 Å². The average molecular weight is 331 g/mol. The molecule has 0 aliphatic rings. The van der Waals surface area contributed by atoms with Gasteiger partial charge in [-0.1, -0.05) is 35.9 Å². The summed E-state index contributed by atoms with van der Waals surface area (Å²) in [7, 11) is 1.59. The molecule has 5 heteroatoms. The minimum Gasteiger partial charge on any atom is -0.332 e. The van der Waals surface area contributed by atoms with Crippen molar-refractivity contribution in [2.45, 2.75) is 13.8 Å². The van der Waals surface area contributed by atoms with Gasteiger partial charge in [0, 0.05) is 23.3 Å². The number of nitrogens with zero attached hydrogens (tertiary/aromatic N) is 1. The fourth-order valence-corrected chi connectivity index (χ4v) is 2.51. The molecule has 0 atom stereocenters. The molecule has 120 valence electrons. The predicted molar refractivity (Wildman–Crippen MR) is 93.0 cm³/mol. The first kappa shape index (κ1) is 17.0. The molecule has 0 saturated heterocycles. The molecule has 4 nitrogen and oxygen atoms in total. The lowest BCUT2D eigenvalue weighted by molar-refractivity contribution is -0.116. The van der Waals surface area contributed by atoms with E-state index in [-0.39, 0.29) is 18.4 Å². The largest absolute Gasteiger partial charge is 0.332 e. The zero-order valence-corrected chi connectivity index (χ0v) is 14.1. The third-order valence-corrected chi connectivity index (χ3v) is 3.78. The molecule has 0 aromatic heterocycles. The summed E-state index contributed by atoms with van der Waals surface area (Å²) in [6.07, 6.45) is 0. The van der Waals surface area contributed by atoms with Crippen molar-refractivity contribution in [1.29, 1.82) is 0 Å². The molecular formula is C18H19ClN2O2. The minimum absolute atomic E-state index is 0.0286. The third-order valence-electron chi connectivity index (χ3n) is 3.54. The van der Waals surface area contributed by atoms with Gasteiger partial charge < -0.3 is 10.2 Å². The van der Waals surface area contributed by atoms with E-state index in [4.69, 9.17) is 11.6 Å². The minimum atomic E-state index is -0.246. The molecule has 2 amide bonds. The number of benzene rings is 2. The summed E-state index contributed by atoms with van der Waals surface area (Å²) in [5.41, 5.74) is 3.23. The first-order valence-electron chi connectivity index (χ1n) is 7.25. The van der Waals surface area contributed by atoms with Crippen LogP contribution in [0.25, 0.3) is 0 Å². The summed E-state index contributed by atoms with van der Waals surface area (Å²) < 4.78 is 0. The molecule has 0 unspecified atom stereocenters. The van der Waals surface area contributed by atoms with Gasteiger partial charge in [-0.3, -0.25) is 9.59 Å². The van der Waals surface area contributed by atoms with Gasteiger partial charge in [-0.2, -0.15) is 0 Å². The number of amides is 2. The molecule has 0 heterocycles. The Morgan fingerprint density at radius 2 is 1.70 bits per heavy atom. The standard InChI is InChI=1S/C18H19ClN2O2/c1-12-6-4-7-13(2)17(12)20-16(22)11-21(3)18(23)14-8-5-9-15(19)10-14/h4-10H,11H2,1-3H3,(H,20,22). The third kappa shape index (κ3) is 4.33. The van der Waals surface area contributed by atoms with Crippen LogP contribution in [0.5, 0.6) is 0 Å². The summed E-state index contributed by atoms with van der Waals surface area (Å²) >= 11 is 5.89. The molecule has 2 rings (SSSR count). The first-order chi connectivity index (χ1) is 10.9. The fraction of sp³-hybridized carbons (Fsp3) is 0.222. The monoisotopic (exact) mass is 330 g/mol. The molecule has 0 saturated carbocycles. The highest BCUT2D eigenvalue weighted by atomic mass is 35.5. The van der Waals surface area contributed by atoms with E-state index in [1.807, 2.05) is 32.0 Å². The summed E-state index contributed by atoms with van der Waals surface area (Å²) in [4.78, 5) is 25.9. The maximum atomic E-state index is 12.3. The van der Waals surface area contributed by atoms with Gasteiger partial charge in [0.25, 0.3) is 5.91 Å². The van der Waals surface area contributed by atoms with Crippen LogP contribution in [0.4, 0.5) is 5.69 Å². The van der Waals surface area contributed by atoms with E-state index in [1.165, 1.54) is 4.90 Å². The van der Waals surface area contributed by atoms with Crippen molar-refractivity contribution in [1.82, 2.24) is 4.90 Å². The summed E-state index contributed by atoms with van der Waals surface area (Å²) in [5, 5.41) is 3.36. The van der Waals surface area contributed by atoms with E-state index in [0.717, 1.165) is 16.8 Å². The number of hydrogen-bond donors (Lipinski definition) is 1. The fourth-order valence-electron chi connectivity index (χ4n) is 2.32. The van der Waals surface area contributed by atoms with Gasteiger partial charge in [-0.25, -0.2) is 0 Å². The van der Waals surface area contributed by atoms with Crippen LogP contribution >= 0.6 is 11.6 Å². The van der Waals surface area contributed by atoms with Crippen LogP contribution in [0.2, 0.25) is 5.02 Å². The summed E-state index contributed by atoms with van der Waals surface area (Å²) in [5.74, 6) is -0.482. The van der Waals surface area contributed by atoms with Crippen LogP contribution in [-0.2, 0) is 4.79 Å². The number of halogens is 1. The Balaban J connectivity index is 2.04. The lowest BCUT2D eigenvalue weighted by Gasteiger charge is -2.18. The van der Waals surface area contributed by atoms with E-state index >= 15 is 0 Å². The van der Waals surface area contributed by atoms with Crippen molar-refractivity contribution in [3.05, 3.63) is 64.2 Å². The Morgan fingerprint density at radius 3 is 2.30 bits per heavy atom. The number of para-hydroxylation sites is 1. The molecule has 0 fully saturated rings. The summed E-state index contributed by atoms with van der Waals surface area (Å²) in [6, 6.07) is 12.5. The van der Waals surface area contributed by atoms with Crippen molar-refractivity contribution in [2.24, 2.45) is 0 Å². The van der Waals surface area contributed by atoms with Crippen LogP contribution in [0.3, 0.4) is 0 Å². The van der Waals surface area contributed by atoms with Crippen LogP contribution in [0.15, 0.2) is 42.5 Å². The van der Waals surface area contributed by atoms with Crippen molar-refractivity contribution in [3.8, 4) is 0 Å². The highest BCUT2D eigenvalue weighted by molar-refractivity contribution is 6.31. The Kier molecular flexibility index (Phi) is 5.40. The molecule has 0 bridgehead atoms. The van der Waals surface area contributed by atoms with Crippen LogP contribution in [0, 0.1) is 13.8 Å². The van der Waals surface area contributed by atoms with E-state index in [9.17, 15) is 9.59 Å². The Morgan fingerprint density at radius 1 is 1.09 bits per heavy atom. The smallest absolute Gasteiger partial charge is 0.254 e. The van der Waals surface area contributed by atoms with E-state index in [2.05, 4.69) is 5.32 Å². The molecule has 0 aliphatic carbocycles. The number of carbonyl (C=O) groups is 2. The molecule has 23 heavy (non-hydrogen) atoms. The van der Waals surface area contributed by atoms with Crippen molar-refractivity contribution in [2.75, 3.05) is 18.9 Å². The molecular weight excluding hydrogens is 312 g/mol. The van der Waals surface area contributed by atoms with Gasteiger partial charge >= 0.3 is 0 Å². The van der Waals surface area contributed by atoms with E-state index in [1.54, 1.807) is 31.3 Å². The van der Waals surface area contributed by atoms with Gasteiger partial charge in [0.15, 0.2) is 0 Å². The number of rotatable bonds is 4. The number of aryl methyl sites for hydroxylation is 2. The Bertz CT molecular complexity index is 723. The second-order valence-electron chi connectivity index (χ2n) is 5.49. The number of likely N-dealkylation sites (N-methyl/N-ethyl adjacent to an activating group) is 1. The molecule has 0 spiro atoms. The second-order valence-corrected chi connectivity index (χ2v) is 5.92. The van der Waals surface area contributed by atoms with Gasteiger partial charge in [0.05, 0.1) is 6.54 Å². The molecule has 2 aromatic carbocycles. The highest BCUT2D eigenvalue weighted by Gasteiger charge is 2.16.